The Kier molecular flexibility index (Phi) is 3.20. The lowest BCUT2D eigenvalue weighted by Gasteiger charge is -2.03. The van der Waals surface area contributed by atoms with Crippen LogP contribution in [-0.2, 0) is 0 Å². The number of carbonyl (C=O) groups is 1. The number of hydrogen-bond donors (Lipinski definition) is 1. The number of benzene rings is 1. The summed E-state index contributed by atoms with van der Waals surface area (Å²) in [5.74, 6) is -0.183. The van der Waals surface area contributed by atoms with Gasteiger partial charge >= 0.3 is 0 Å². The zero-order valence-corrected chi connectivity index (χ0v) is 12.0. The molecule has 0 saturated carbocycles. The van der Waals surface area contributed by atoms with Crippen molar-refractivity contribution in [2.75, 3.05) is 5.32 Å². The molecule has 0 bridgehead atoms. The molecule has 0 saturated heterocycles. The van der Waals surface area contributed by atoms with E-state index < -0.39 is 0 Å². The van der Waals surface area contributed by atoms with Gasteiger partial charge in [-0.05, 0) is 26.0 Å². The van der Waals surface area contributed by atoms with Crippen molar-refractivity contribution in [3.8, 4) is 0 Å². The fourth-order valence-electron chi connectivity index (χ4n) is 1.89. The number of thiazole rings is 1. The highest BCUT2D eigenvalue weighted by Gasteiger charge is 2.11. The highest BCUT2D eigenvalue weighted by atomic mass is 32.1. The molecule has 0 aliphatic carbocycles. The number of aromatic nitrogens is 2. The number of rotatable bonds is 2. The molecule has 0 radical (unpaired) electrons. The Balaban J connectivity index is 1.88. The second-order valence-corrected chi connectivity index (χ2v) is 5.73. The smallest absolute Gasteiger partial charge is 0.259 e. The standard InChI is InChI=1S/C15H13N3OS/c1-9-10(2)20-15(17-9)18-14(19)12-7-11-5-3-4-6-13(11)16-8-12/h3-8H,1-2H3,(H,17,18,19). The van der Waals surface area contributed by atoms with Crippen molar-refractivity contribution >= 4 is 33.3 Å². The van der Waals surface area contributed by atoms with Crippen LogP contribution < -0.4 is 5.32 Å². The van der Waals surface area contributed by atoms with Crippen LogP contribution in [0.4, 0.5) is 5.13 Å². The van der Waals surface area contributed by atoms with E-state index in [1.807, 2.05) is 44.2 Å². The van der Waals surface area contributed by atoms with Crippen molar-refractivity contribution in [3.63, 3.8) is 0 Å². The van der Waals surface area contributed by atoms with Gasteiger partial charge in [0.15, 0.2) is 5.13 Å². The average Bonchev–Trinajstić information content (AvgIpc) is 2.76. The first-order valence-corrected chi connectivity index (χ1v) is 7.05. The molecule has 100 valence electrons. The number of fused-ring (bicyclic) bond motifs is 1. The molecule has 0 aliphatic rings. The van der Waals surface area contributed by atoms with Gasteiger partial charge in [-0.15, -0.1) is 11.3 Å². The van der Waals surface area contributed by atoms with Gasteiger partial charge in [0.1, 0.15) is 0 Å². The fraction of sp³-hybridized carbons (Fsp3) is 0.133. The van der Waals surface area contributed by atoms with Crippen LogP contribution in [0.25, 0.3) is 10.9 Å². The SMILES string of the molecule is Cc1nc(NC(=O)c2cnc3ccccc3c2)sc1C. The number of anilines is 1. The van der Waals surface area contributed by atoms with Gasteiger partial charge in [0, 0.05) is 16.5 Å². The van der Waals surface area contributed by atoms with Crippen LogP contribution in [0.5, 0.6) is 0 Å². The molecule has 4 nitrogen and oxygen atoms in total. The molecule has 0 atom stereocenters. The van der Waals surface area contributed by atoms with Crippen molar-refractivity contribution in [2.45, 2.75) is 13.8 Å². The van der Waals surface area contributed by atoms with E-state index in [0.717, 1.165) is 21.5 Å². The second-order valence-electron chi connectivity index (χ2n) is 4.53. The summed E-state index contributed by atoms with van der Waals surface area (Å²) in [6, 6.07) is 9.56. The molecule has 0 aliphatic heterocycles. The normalized spacial score (nSPS) is 10.7. The lowest BCUT2D eigenvalue weighted by molar-refractivity contribution is 0.102. The molecule has 3 rings (SSSR count). The van der Waals surface area contributed by atoms with E-state index in [4.69, 9.17) is 0 Å². The maximum Gasteiger partial charge on any atom is 0.259 e. The number of pyridine rings is 1. The summed E-state index contributed by atoms with van der Waals surface area (Å²) in [7, 11) is 0. The highest BCUT2D eigenvalue weighted by Crippen LogP contribution is 2.22. The quantitative estimate of drug-likeness (QED) is 0.782. The van der Waals surface area contributed by atoms with Crippen LogP contribution in [0, 0.1) is 13.8 Å². The number of hydrogen-bond acceptors (Lipinski definition) is 4. The Bertz CT molecular complexity index is 775. The molecule has 3 aromatic rings. The van der Waals surface area contributed by atoms with Crippen LogP contribution >= 0.6 is 11.3 Å². The van der Waals surface area contributed by atoms with E-state index in [9.17, 15) is 4.79 Å². The molecule has 0 spiro atoms. The van der Waals surface area contributed by atoms with Gasteiger partial charge in [-0.3, -0.25) is 15.1 Å². The highest BCUT2D eigenvalue weighted by molar-refractivity contribution is 7.15. The first-order valence-electron chi connectivity index (χ1n) is 6.23. The molecular formula is C15H13N3OS. The van der Waals surface area contributed by atoms with Crippen molar-refractivity contribution in [1.82, 2.24) is 9.97 Å². The van der Waals surface area contributed by atoms with Gasteiger partial charge in [-0.2, -0.15) is 0 Å². The Morgan fingerprint density at radius 2 is 2.05 bits per heavy atom. The average molecular weight is 283 g/mol. The first kappa shape index (κ1) is 12.7. The molecule has 0 unspecified atom stereocenters. The monoisotopic (exact) mass is 283 g/mol. The van der Waals surface area contributed by atoms with E-state index in [2.05, 4.69) is 15.3 Å². The number of para-hydroxylation sites is 1. The fourth-order valence-corrected chi connectivity index (χ4v) is 2.70. The van der Waals surface area contributed by atoms with Crippen LogP contribution in [0.1, 0.15) is 20.9 Å². The number of amides is 1. The second kappa shape index (κ2) is 5.02. The van der Waals surface area contributed by atoms with E-state index in [1.54, 1.807) is 6.20 Å². The third-order valence-corrected chi connectivity index (χ3v) is 4.09. The Morgan fingerprint density at radius 1 is 1.25 bits per heavy atom. The van der Waals surface area contributed by atoms with Crippen molar-refractivity contribution in [2.24, 2.45) is 0 Å². The van der Waals surface area contributed by atoms with Crippen molar-refractivity contribution < 1.29 is 4.79 Å². The van der Waals surface area contributed by atoms with Crippen LogP contribution in [-0.4, -0.2) is 15.9 Å². The third-order valence-electron chi connectivity index (χ3n) is 3.10. The minimum atomic E-state index is -0.183. The van der Waals surface area contributed by atoms with Gasteiger partial charge in [0.05, 0.1) is 16.8 Å². The maximum atomic E-state index is 12.2. The summed E-state index contributed by atoms with van der Waals surface area (Å²) < 4.78 is 0. The Hall–Kier alpha value is -2.27. The summed E-state index contributed by atoms with van der Waals surface area (Å²) in [5.41, 5.74) is 2.36. The molecule has 2 aromatic heterocycles. The predicted octanol–water partition coefficient (Wildman–Crippen LogP) is 3.56. The molecule has 20 heavy (non-hydrogen) atoms. The lowest BCUT2D eigenvalue weighted by Crippen LogP contribution is -2.12. The molecule has 0 fully saturated rings. The van der Waals surface area contributed by atoms with Gasteiger partial charge in [-0.25, -0.2) is 4.98 Å². The minimum Gasteiger partial charge on any atom is -0.298 e. The van der Waals surface area contributed by atoms with Crippen LogP contribution in [0.3, 0.4) is 0 Å². The molecule has 1 N–H and O–H groups in total. The molecule has 5 heteroatoms. The van der Waals surface area contributed by atoms with Gasteiger partial charge in [-0.1, -0.05) is 18.2 Å². The molecule has 1 amide bonds. The van der Waals surface area contributed by atoms with Gasteiger partial charge < -0.3 is 0 Å². The first-order chi connectivity index (χ1) is 9.63. The summed E-state index contributed by atoms with van der Waals surface area (Å²) >= 11 is 1.48. The summed E-state index contributed by atoms with van der Waals surface area (Å²) in [6.07, 6.45) is 1.59. The number of carbonyl (C=O) groups excluding carboxylic acids is 1. The summed E-state index contributed by atoms with van der Waals surface area (Å²) in [6.45, 7) is 3.92. The third kappa shape index (κ3) is 2.40. The van der Waals surface area contributed by atoms with Crippen molar-refractivity contribution in [1.29, 1.82) is 0 Å². The molecule has 1 aromatic carbocycles. The van der Waals surface area contributed by atoms with E-state index in [-0.39, 0.29) is 5.91 Å². The number of aryl methyl sites for hydroxylation is 2. The van der Waals surface area contributed by atoms with E-state index >= 15 is 0 Å². The topological polar surface area (TPSA) is 54.9 Å². The van der Waals surface area contributed by atoms with Crippen LogP contribution in [0.15, 0.2) is 36.5 Å². The summed E-state index contributed by atoms with van der Waals surface area (Å²) in [4.78, 5) is 21.9. The van der Waals surface area contributed by atoms with Gasteiger partial charge in [0.25, 0.3) is 5.91 Å². The lowest BCUT2D eigenvalue weighted by atomic mass is 10.1. The van der Waals surface area contributed by atoms with Crippen molar-refractivity contribution in [3.05, 3.63) is 52.7 Å². The summed E-state index contributed by atoms with van der Waals surface area (Å²) in [5, 5.41) is 4.39. The maximum absolute atomic E-state index is 12.2. The van der Waals surface area contributed by atoms with Gasteiger partial charge in [0.2, 0.25) is 0 Å². The largest absolute Gasteiger partial charge is 0.298 e. The molecular weight excluding hydrogens is 270 g/mol. The van der Waals surface area contributed by atoms with E-state index in [0.29, 0.717) is 10.7 Å². The predicted molar refractivity (Wildman–Crippen MR) is 81.3 cm³/mol. The minimum absolute atomic E-state index is 0.183. The zero-order valence-electron chi connectivity index (χ0n) is 11.2. The Labute approximate surface area is 120 Å². The van der Waals surface area contributed by atoms with Crippen LogP contribution in [0.2, 0.25) is 0 Å². The zero-order chi connectivity index (χ0) is 14.1. The number of nitrogens with one attached hydrogen (secondary N) is 1. The Morgan fingerprint density at radius 3 is 2.80 bits per heavy atom. The molecule has 2 heterocycles. The van der Waals surface area contributed by atoms with E-state index in [1.165, 1.54) is 11.3 Å². The number of nitrogens with zero attached hydrogens (tertiary/aromatic N) is 2.